The van der Waals surface area contributed by atoms with Gasteiger partial charge in [-0.2, -0.15) is 0 Å². The molecule has 0 N–H and O–H groups in total. The summed E-state index contributed by atoms with van der Waals surface area (Å²) in [4.78, 5) is 0. The molecular formula is C54H36N2SSi. The topological polar surface area (TPSA) is 9.86 Å². The van der Waals surface area contributed by atoms with Crippen LogP contribution in [0.1, 0.15) is 0 Å². The maximum absolute atomic E-state index is 2.96. The van der Waals surface area contributed by atoms with Crippen molar-refractivity contribution in [3.05, 3.63) is 218 Å². The largest absolute Gasteiger partial charge is 0.309 e. The van der Waals surface area contributed by atoms with Gasteiger partial charge in [-0.15, -0.1) is 11.3 Å². The van der Waals surface area contributed by atoms with Crippen molar-refractivity contribution >= 4 is 104 Å². The van der Waals surface area contributed by atoms with Gasteiger partial charge in [0.15, 0.2) is 8.07 Å². The molecule has 3 aromatic heterocycles. The second-order valence-corrected chi connectivity index (χ2v) is 20.1. The number of hydrogen-bond donors (Lipinski definition) is 0. The van der Waals surface area contributed by atoms with Crippen molar-refractivity contribution in [2.45, 2.75) is 0 Å². The molecule has 0 saturated heterocycles. The lowest BCUT2D eigenvalue weighted by molar-refractivity contribution is 1.18. The second-order valence-electron chi connectivity index (χ2n) is 15.2. The van der Waals surface area contributed by atoms with E-state index in [4.69, 9.17) is 0 Å². The first-order valence-corrected chi connectivity index (χ1v) is 22.8. The monoisotopic (exact) mass is 772 g/mol. The Morgan fingerprint density at radius 1 is 0.293 bits per heavy atom. The third-order valence-electron chi connectivity index (χ3n) is 12.3. The maximum Gasteiger partial charge on any atom is 0.180 e. The van der Waals surface area contributed by atoms with Gasteiger partial charge in [-0.3, -0.25) is 0 Å². The van der Waals surface area contributed by atoms with Crippen LogP contribution in [0.15, 0.2) is 218 Å². The van der Waals surface area contributed by atoms with Crippen molar-refractivity contribution < 1.29 is 0 Å². The molecule has 4 heteroatoms. The zero-order valence-electron chi connectivity index (χ0n) is 31.6. The molecule has 0 aliphatic carbocycles. The molecule has 0 spiro atoms. The summed E-state index contributed by atoms with van der Waals surface area (Å²) in [6.45, 7) is 0. The first-order chi connectivity index (χ1) is 28.8. The molecular weight excluding hydrogens is 737 g/mol. The van der Waals surface area contributed by atoms with Crippen LogP contribution in [-0.2, 0) is 0 Å². The van der Waals surface area contributed by atoms with Gasteiger partial charge < -0.3 is 9.13 Å². The highest BCUT2D eigenvalue weighted by molar-refractivity contribution is 7.26. The fourth-order valence-electron chi connectivity index (χ4n) is 9.94. The van der Waals surface area contributed by atoms with Crippen molar-refractivity contribution in [1.29, 1.82) is 0 Å². The van der Waals surface area contributed by atoms with Crippen LogP contribution in [0.4, 0.5) is 0 Å². The van der Waals surface area contributed by atoms with E-state index in [1.807, 2.05) is 11.3 Å². The highest BCUT2D eigenvalue weighted by atomic mass is 32.1. The Morgan fingerprint density at radius 3 is 1.43 bits per heavy atom. The first-order valence-electron chi connectivity index (χ1n) is 19.9. The van der Waals surface area contributed by atoms with E-state index < -0.39 is 8.07 Å². The Bertz CT molecular complexity index is 3450. The summed E-state index contributed by atoms with van der Waals surface area (Å²) in [5, 5.41) is 13.4. The summed E-state index contributed by atoms with van der Waals surface area (Å²) in [6, 6.07) is 81.4. The molecule has 0 unspecified atom stereocenters. The lowest BCUT2D eigenvalue weighted by Gasteiger charge is -2.35. The zero-order valence-corrected chi connectivity index (χ0v) is 33.4. The smallest absolute Gasteiger partial charge is 0.180 e. The molecule has 0 aliphatic heterocycles. The van der Waals surface area contributed by atoms with Gasteiger partial charge in [-0.1, -0.05) is 158 Å². The van der Waals surface area contributed by atoms with E-state index in [9.17, 15) is 0 Å². The Hall–Kier alpha value is -6.98. The van der Waals surface area contributed by atoms with Gasteiger partial charge in [0.1, 0.15) is 0 Å². The van der Waals surface area contributed by atoms with Gasteiger partial charge in [0.05, 0.1) is 22.1 Å². The number of para-hydroxylation sites is 3. The van der Waals surface area contributed by atoms with Crippen molar-refractivity contribution in [3.8, 4) is 11.4 Å². The van der Waals surface area contributed by atoms with E-state index in [1.165, 1.54) is 90.2 Å². The fraction of sp³-hybridized carbons (Fsp3) is 0. The maximum atomic E-state index is 2.47. The van der Waals surface area contributed by atoms with Crippen LogP contribution in [0.3, 0.4) is 0 Å². The van der Waals surface area contributed by atoms with E-state index >= 15 is 0 Å². The molecule has 0 fully saturated rings. The minimum atomic E-state index is -2.96. The second kappa shape index (κ2) is 13.0. The molecule has 2 nitrogen and oxygen atoms in total. The number of rotatable bonds is 6. The number of aromatic nitrogens is 2. The van der Waals surface area contributed by atoms with Crippen LogP contribution in [0.25, 0.3) is 75.2 Å². The van der Waals surface area contributed by atoms with Gasteiger partial charge in [0.2, 0.25) is 0 Å². The molecule has 12 rings (SSSR count). The molecule has 272 valence electrons. The van der Waals surface area contributed by atoms with Gasteiger partial charge >= 0.3 is 0 Å². The summed E-state index contributed by atoms with van der Waals surface area (Å²) < 4.78 is 7.58. The van der Waals surface area contributed by atoms with Crippen molar-refractivity contribution in [2.24, 2.45) is 0 Å². The zero-order chi connectivity index (χ0) is 38.2. The van der Waals surface area contributed by atoms with Crippen LogP contribution in [0.2, 0.25) is 0 Å². The standard InChI is InChI=1S/C54H36N2SSi/c1-4-17-37(18-5-1)55-45-26-13-10-23-42(45)52-47(55)28-16-30-51(52)58(39-19-6-2-7-20-39,40-21-8-3-9-22-40)41-33-31-38(32-34-41)56-46-27-14-11-24-43(46)53-48(56)35-36-50-54(53)44-25-12-15-29-49(44)57-50/h1-36H. The average Bonchev–Trinajstić information content (AvgIpc) is 3.96. The molecule has 0 radical (unpaired) electrons. The molecule has 0 amide bonds. The first kappa shape index (κ1) is 33.2. The molecule has 3 heterocycles. The van der Waals surface area contributed by atoms with Crippen LogP contribution < -0.4 is 20.7 Å². The molecule has 0 atom stereocenters. The Labute approximate surface area is 341 Å². The summed E-state index contributed by atoms with van der Waals surface area (Å²) >= 11 is 1.88. The van der Waals surface area contributed by atoms with Crippen LogP contribution >= 0.6 is 11.3 Å². The van der Waals surface area contributed by atoms with Gasteiger partial charge in [-0.25, -0.2) is 0 Å². The quantitative estimate of drug-likeness (QED) is 0.118. The summed E-state index contributed by atoms with van der Waals surface area (Å²) in [7, 11) is -2.96. The Balaban J connectivity index is 1.16. The van der Waals surface area contributed by atoms with Crippen molar-refractivity contribution in [3.63, 3.8) is 0 Å². The van der Waals surface area contributed by atoms with Crippen molar-refractivity contribution in [1.82, 2.24) is 9.13 Å². The summed E-state index contributed by atoms with van der Waals surface area (Å²) in [6.07, 6.45) is 0. The van der Waals surface area contributed by atoms with Gasteiger partial charge in [0.25, 0.3) is 0 Å². The number of thiophene rings is 1. The Kier molecular flexibility index (Phi) is 7.46. The SMILES string of the molecule is c1ccc(-n2c3ccccc3c3c([Si](c4ccccc4)(c4ccccc4)c4ccc(-n5c6ccccc6c6c7c(ccc65)sc5ccccc57)cc4)cccc32)cc1. The minimum absolute atomic E-state index is 1.16. The number of benzene rings is 9. The van der Waals surface area contributed by atoms with E-state index in [1.54, 1.807) is 0 Å². The van der Waals surface area contributed by atoms with E-state index in [2.05, 4.69) is 228 Å². The molecule has 0 aliphatic rings. The van der Waals surface area contributed by atoms with Gasteiger partial charge in [0, 0.05) is 53.1 Å². The Morgan fingerprint density at radius 2 is 0.776 bits per heavy atom. The average molecular weight is 773 g/mol. The van der Waals surface area contributed by atoms with E-state index in [0.717, 1.165) is 5.69 Å². The van der Waals surface area contributed by atoms with Gasteiger partial charge in [-0.05, 0) is 81.4 Å². The third-order valence-corrected chi connectivity index (χ3v) is 18.2. The molecule has 9 aromatic carbocycles. The normalized spacial score (nSPS) is 12.1. The van der Waals surface area contributed by atoms with E-state index in [-0.39, 0.29) is 0 Å². The predicted octanol–water partition coefficient (Wildman–Crippen LogP) is 11.6. The fourth-order valence-corrected chi connectivity index (χ4v) is 16.0. The van der Waals surface area contributed by atoms with Crippen LogP contribution in [0.5, 0.6) is 0 Å². The van der Waals surface area contributed by atoms with Crippen molar-refractivity contribution in [2.75, 3.05) is 0 Å². The molecule has 58 heavy (non-hydrogen) atoms. The lowest BCUT2D eigenvalue weighted by Crippen LogP contribution is -2.74. The summed E-state index contributed by atoms with van der Waals surface area (Å²) in [5.74, 6) is 0. The van der Waals surface area contributed by atoms with Crippen LogP contribution in [-0.4, -0.2) is 17.2 Å². The molecule has 0 saturated carbocycles. The number of fused-ring (bicyclic) bond motifs is 10. The minimum Gasteiger partial charge on any atom is -0.309 e. The van der Waals surface area contributed by atoms with E-state index in [0.29, 0.717) is 0 Å². The molecule has 12 aromatic rings. The number of hydrogen-bond acceptors (Lipinski definition) is 1. The molecule has 0 bridgehead atoms. The summed E-state index contributed by atoms with van der Waals surface area (Å²) in [5.41, 5.74) is 7.23. The predicted molar refractivity (Wildman–Crippen MR) is 252 cm³/mol. The lowest BCUT2D eigenvalue weighted by atomic mass is 10.1. The van der Waals surface area contributed by atoms with Crippen LogP contribution in [0, 0.1) is 0 Å². The third kappa shape index (κ3) is 4.70. The highest BCUT2D eigenvalue weighted by Gasteiger charge is 2.43. The number of nitrogens with zero attached hydrogens (tertiary/aromatic N) is 2. The highest BCUT2D eigenvalue weighted by Crippen LogP contribution is 2.43.